The van der Waals surface area contributed by atoms with Crippen LogP contribution >= 0.6 is 27.3 Å². The molecule has 5 heteroatoms. The van der Waals surface area contributed by atoms with Crippen LogP contribution in [-0.2, 0) is 6.42 Å². The third kappa shape index (κ3) is 3.16. The molecule has 0 saturated carbocycles. The quantitative estimate of drug-likeness (QED) is 0.848. The molecule has 1 aliphatic rings. The summed E-state index contributed by atoms with van der Waals surface area (Å²) in [4.78, 5) is 3.77. The number of piperazine rings is 1. The SMILES string of the molecule is Cc1cc(O)c(C)c(Cc2cc(Br)cs2)c1N1CCNCC1. The van der Waals surface area contributed by atoms with Gasteiger partial charge in [-0.2, -0.15) is 0 Å². The van der Waals surface area contributed by atoms with Crippen LogP contribution in [-0.4, -0.2) is 31.3 Å². The minimum Gasteiger partial charge on any atom is -0.508 e. The summed E-state index contributed by atoms with van der Waals surface area (Å²) in [5.41, 5.74) is 4.73. The van der Waals surface area contributed by atoms with Gasteiger partial charge in [0.1, 0.15) is 5.75 Å². The first kappa shape index (κ1) is 15.8. The average molecular weight is 381 g/mol. The Morgan fingerprint density at radius 1 is 1.27 bits per heavy atom. The molecule has 1 fully saturated rings. The van der Waals surface area contributed by atoms with Crippen LogP contribution in [0.25, 0.3) is 0 Å². The number of phenols is 1. The highest BCUT2D eigenvalue weighted by atomic mass is 79.9. The van der Waals surface area contributed by atoms with Crippen molar-refractivity contribution < 1.29 is 5.11 Å². The van der Waals surface area contributed by atoms with E-state index in [0.717, 1.165) is 48.2 Å². The fourth-order valence-electron chi connectivity index (χ4n) is 3.12. The van der Waals surface area contributed by atoms with Crippen molar-refractivity contribution >= 4 is 33.0 Å². The van der Waals surface area contributed by atoms with E-state index in [1.165, 1.54) is 16.1 Å². The Bertz CT molecular complexity index is 678. The van der Waals surface area contributed by atoms with E-state index in [2.05, 4.69) is 44.5 Å². The Morgan fingerprint density at radius 2 is 2.00 bits per heavy atom. The largest absolute Gasteiger partial charge is 0.508 e. The van der Waals surface area contributed by atoms with Gasteiger partial charge < -0.3 is 15.3 Å². The highest BCUT2D eigenvalue weighted by molar-refractivity contribution is 9.10. The summed E-state index contributed by atoms with van der Waals surface area (Å²) < 4.78 is 1.13. The van der Waals surface area contributed by atoms with Crippen LogP contribution < -0.4 is 10.2 Å². The van der Waals surface area contributed by atoms with Gasteiger partial charge in [-0.15, -0.1) is 11.3 Å². The van der Waals surface area contributed by atoms with E-state index in [1.54, 1.807) is 11.3 Å². The van der Waals surface area contributed by atoms with Crippen LogP contribution in [0.5, 0.6) is 5.75 Å². The Kier molecular flexibility index (Phi) is 4.76. The number of thiophene rings is 1. The van der Waals surface area contributed by atoms with Crippen molar-refractivity contribution in [3.63, 3.8) is 0 Å². The summed E-state index contributed by atoms with van der Waals surface area (Å²) in [5.74, 6) is 0.405. The summed E-state index contributed by atoms with van der Waals surface area (Å²) in [6, 6.07) is 4.07. The molecular formula is C17H21BrN2OS. The van der Waals surface area contributed by atoms with Crippen molar-refractivity contribution in [3.8, 4) is 5.75 Å². The predicted molar refractivity (Wildman–Crippen MR) is 97.5 cm³/mol. The molecule has 2 heterocycles. The lowest BCUT2D eigenvalue weighted by Gasteiger charge is -2.33. The molecular weight excluding hydrogens is 360 g/mol. The van der Waals surface area contributed by atoms with Gasteiger partial charge in [0.05, 0.1) is 0 Å². The number of phenolic OH excluding ortho intramolecular Hbond substituents is 1. The minimum atomic E-state index is 0.405. The number of aryl methyl sites for hydroxylation is 1. The highest BCUT2D eigenvalue weighted by Gasteiger charge is 2.20. The molecule has 22 heavy (non-hydrogen) atoms. The minimum absolute atomic E-state index is 0.405. The summed E-state index contributed by atoms with van der Waals surface area (Å²) in [6.07, 6.45) is 0.872. The smallest absolute Gasteiger partial charge is 0.119 e. The van der Waals surface area contributed by atoms with E-state index in [1.807, 2.05) is 13.0 Å². The third-order valence-corrected chi connectivity index (χ3v) is 5.95. The molecule has 3 nitrogen and oxygen atoms in total. The van der Waals surface area contributed by atoms with E-state index in [-0.39, 0.29) is 0 Å². The number of anilines is 1. The highest BCUT2D eigenvalue weighted by Crippen LogP contribution is 2.36. The van der Waals surface area contributed by atoms with Gasteiger partial charge in [-0.1, -0.05) is 0 Å². The average Bonchev–Trinajstić information content (AvgIpc) is 2.91. The van der Waals surface area contributed by atoms with Crippen LogP contribution in [0.4, 0.5) is 5.69 Å². The zero-order valence-electron chi connectivity index (χ0n) is 12.9. The molecule has 1 aliphatic heterocycles. The Balaban J connectivity index is 2.04. The summed E-state index contributed by atoms with van der Waals surface area (Å²) in [6.45, 7) is 8.20. The van der Waals surface area contributed by atoms with Gasteiger partial charge in [-0.25, -0.2) is 0 Å². The van der Waals surface area contributed by atoms with E-state index < -0.39 is 0 Å². The van der Waals surface area contributed by atoms with Gasteiger partial charge in [0.25, 0.3) is 0 Å². The molecule has 0 amide bonds. The Hall–Kier alpha value is -1.04. The maximum atomic E-state index is 10.3. The molecule has 0 radical (unpaired) electrons. The molecule has 118 valence electrons. The second kappa shape index (κ2) is 6.60. The lowest BCUT2D eigenvalue weighted by atomic mass is 9.96. The normalized spacial score (nSPS) is 15.3. The molecule has 1 aromatic carbocycles. The number of hydrogen-bond acceptors (Lipinski definition) is 4. The molecule has 1 saturated heterocycles. The third-order valence-electron chi connectivity index (χ3n) is 4.26. The number of nitrogens with zero attached hydrogens (tertiary/aromatic N) is 1. The monoisotopic (exact) mass is 380 g/mol. The second-order valence-electron chi connectivity index (χ2n) is 5.81. The fraction of sp³-hybridized carbons (Fsp3) is 0.412. The van der Waals surface area contributed by atoms with E-state index >= 15 is 0 Å². The fourth-order valence-corrected chi connectivity index (χ4v) is 4.58. The molecule has 2 N–H and O–H groups in total. The topological polar surface area (TPSA) is 35.5 Å². The lowest BCUT2D eigenvalue weighted by molar-refractivity contribution is 0.469. The van der Waals surface area contributed by atoms with Gasteiger partial charge in [0.2, 0.25) is 0 Å². The molecule has 0 aliphatic carbocycles. The van der Waals surface area contributed by atoms with Crippen molar-refractivity contribution in [2.45, 2.75) is 20.3 Å². The first-order chi connectivity index (χ1) is 10.6. The summed E-state index contributed by atoms with van der Waals surface area (Å²) in [7, 11) is 0. The first-order valence-electron chi connectivity index (χ1n) is 7.57. The number of hydrogen-bond donors (Lipinski definition) is 2. The zero-order chi connectivity index (χ0) is 15.7. The number of rotatable bonds is 3. The molecule has 2 aromatic rings. The standard InChI is InChI=1S/C17H21BrN2OS/c1-11-7-16(21)12(2)15(9-14-8-13(18)10-22-14)17(11)20-5-3-19-4-6-20/h7-8,10,19,21H,3-6,9H2,1-2H3. The first-order valence-corrected chi connectivity index (χ1v) is 9.24. The number of aromatic hydroxyl groups is 1. The predicted octanol–water partition coefficient (Wildman–Crippen LogP) is 3.83. The van der Waals surface area contributed by atoms with Gasteiger partial charge in [-0.05, 0) is 58.6 Å². The van der Waals surface area contributed by atoms with Gasteiger partial charge in [-0.3, -0.25) is 0 Å². The van der Waals surface area contributed by atoms with E-state index in [4.69, 9.17) is 0 Å². The molecule has 0 atom stereocenters. The zero-order valence-corrected chi connectivity index (χ0v) is 15.4. The molecule has 1 aromatic heterocycles. The van der Waals surface area contributed by atoms with E-state index in [9.17, 15) is 5.11 Å². The number of nitrogens with one attached hydrogen (secondary N) is 1. The van der Waals surface area contributed by atoms with Gasteiger partial charge >= 0.3 is 0 Å². The molecule has 0 bridgehead atoms. The molecule has 3 rings (SSSR count). The van der Waals surface area contributed by atoms with Crippen molar-refractivity contribution in [1.82, 2.24) is 5.32 Å². The van der Waals surface area contributed by atoms with E-state index in [0.29, 0.717) is 5.75 Å². The Morgan fingerprint density at radius 3 is 2.64 bits per heavy atom. The van der Waals surface area contributed by atoms with Crippen molar-refractivity contribution in [2.75, 3.05) is 31.1 Å². The molecule has 0 spiro atoms. The lowest BCUT2D eigenvalue weighted by Crippen LogP contribution is -2.44. The Labute approximate surface area is 144 Å². The van der Waals surface area contributed by atoms with Crippen LogP contribution in [0.15, 0.2) is 22.0 Å². The number of halogens is 1. The van der Waals surface area contributed by atoms with Crippen LogP contribution in [0.1, 0.15) is 21.6 Å². The second-order valence-corrected chi connectivity index (χ2v) is 7.72. The summed E-state index contributed by atoms with van der Waals surface area (Å²) in [5, 5.41) is 15.8. The van der Waals surface area contributed by atoms with Crippen molar-refractivity contribution in [1.29, 1.82) is 0 Å². The van der Waals surface area contributed by atoms with Crippen molar-refractivity contribution in [3.05, 3.63) is 43.6 Å². The maximum absolute atomic E-state index is 10.3. The number of benzene rings is 1. The van der Waals surface area contributed by atoms with Crippen molar-refractivity contribution in [2.24, 2.45) is 0 Å². The van der Waals surface area contributed by atoms with Crippen LogP contribution in [0.2, 0.25) is 0 Å². The van der Waals surface area contributed by atoms with Gasteiger partial charge in [0, 0.05) is 53.0 Å². The maximum Gasteiger partial charge on any atom is 0.119 e. The summed E-state index contributed by atoms with van der Waals surface area (Å²) >= 11 is 5.29. The van der Waals surface area contributed by atoms with Crippen LogP contribution in [0.3, 0.4) is 0 Å². The van der Waals surface area contributed by atoms with Gasteiger partial charge in [0.15, 0.2) is 0 Å². The van der Waals surface area contributed by atoms with Crippen LogP contribution in [0, 0.1) is 13.8 Å². The molecule has 0 unspecified atom stereocenters.